The van der Waals surface area contributed by atoms with Gasteiger partial charge in [0.2, 0.25) is 0 Å². The first-order valence-electron chi connectivity index (χ1n) is 12.7. The SMILES string of the molecule is C=CCCc1ccc(C#Cc2ccc3c(F)c(CCc4ccc(CCCC)cc4)ccc3c2)cc1. The smallest absolute Gasteiger partial charge is 0.134 e. The molecular formula is C34H33F. The third kappa shape index (κ3) is 6.71. The minimum absolute atomic E-state index is 0.114. The largest absolute Gasteiger partial charge is 0.206 e. The van der Waals surface area contributed by atoms with E-state index in [9.17, 15) is 0 Å². The van der Waals surface area contributed by atoms with Crippen molar-refractivity contribution >= 4 is 10.8 Å². The quantitative estimate of drug-likeness (QED) is 0.173. The Balaban J connectivity index is 1.43. The Morgan fingerprint density at radius 1 is 0.714 bits per heavy atom. The molecule has 0 bridgehead atoms. The summed E-state index contributed by atoms with van der Waals surface area (Å²) in [6.45, 7) is 5.99. The fourth-order valence-corrected chi connectivity index (χ4v) is 4.31. The summed E-state index contributed by atoms with van der Waals surface area (Å²) < 4.78 is 15.2. The molecular weight excluding hydrogens is 427 g/mol. The zero-order chi connectivity index (χ0) is 24.5. The lowest BCUT2D eigenvalue weighted by atomic mass is 9.98. The Morgan fingerprint density at radius 2 is 1.34 bits per heavy atom. The first-order chi connectivity index (χ1) is 17.2. The van der Waals surface area contributed by atoms with Gasteiger partial charge in [-0.25, -0.2) is 4.39 Å². The highest BCUT2D eigenvalue weighted by atomic mass is 19.1. The number of hydrogen-bond acceptors (Lipinski definition) is 0. The van der Waals surface area contributed by atoms with Crippen LogP contribution in [0.5, 0.6) is 0 Å². The number of unbranched alkanes of at least 4 members (excludes halogenated alkanes) is 1. The van der Waals surface area contributed by atoms with Crippen LogP contribution in [-0.4, -0.2) is 0 Å². The maximum absolute atomic E-state index is 15.2. The highest BCUT2D eigenvalue weighted by Crippen LogP contribution is 2.24. The molecule has 0 spiro atoms. The summed E-state index contributed by atoms with van der Waals surface area (Å²) in [5, 5.41) is 1.55. The van der Waals surface area contributed by atoms with Crippen LogP contribution in [0.3, 0.4) is 0 Å². The van der Waals surface area contributed by atoms with Gasteiger partial charge in [-0.1, -0.05) is 85.9 Å². The first kappa shape index (κ1) is 24.5. The zero-order valence-corrected chi connectivity index (χ0v) is 20.6. The van der Waals surface area contributed by atoms with E-state index in [-0.39, 0.29) is 5.82 Å². The van der Waals surface area contributed by atoms with Crippen molar-refractivity contribution in [1.29, 1.82) is 0 Å². The van der Waals surface area contributed by atoms with E-state index in [1.54, 1.807) is 0 Å². The third-order valence-corrected chi connectivity index (χ3v) is 6.50. The minimum atomic E-state index is -0.114. The molecule has 0 aromatic heterocycles. The fourth-order valence-electron chi connectivity index (χ4n) is 4.31. The molecule has 0 aliphatic heterocycles. The van der Waals surface area contributed by atoms with Crippen molar-refractivity contribution in [3.63, 3.8) is 0 Å². The molecule has 4 aromatic carbocycles. The molecule has 0 amide bonds. The van der Waals surface area contributed by atoms with Crippen LogP contribution in [0.15, 0.2) is 91.5 Å². The van der Waals surface area contributed by atoms with Crippen molar-refractivity contribution in [2.45, 2.75) is 51.9 Å². The van der Waals surface area contributed by atoms with Gasteiger partial charge < -0.3 is 0 Å². The summed E-state index contributed by atoms with van der Waals surface area (Å²) in [5.74, 6) is 6.34. The molecule has 0 nitrogen and oxygen atoms in total. The number of allylic oxidation sites excluding steroid dienone is 1. The van der Waals surface area contributed by atoms with Crippen LogP contribution in [-0.2, 0) is 25.7 Å². The Labute approximate surface area is 209 Å². The molecule has 0 atom stereocenters. The van der Waals surface area contributed by atoms with Gasteiger partial charge >= 0.3 is 0 Å². The molecule has 0 saturated heterocycles. The van der Waals surface area contributed by atoms with Crippen molar-refractivity contribution in [1.82, 2.24) is 0 Å². The van der Waals surface area contributed by atoms with Crippen LogP contribution >= 0.6 is 0 Å². The predicted molar refractivity (Wildman–Crippen MR) is 147 cm³/mol. The highest BCUT2D eigenvalue weighted by molar-refractivity contribution is 5.85. The van der Waals surface area contributed by atoms with E-state index in [0.29, 0.717) is 11.8 Å². The first-order valence-corrected chi connectivity index (χ1v) is 12.7. The maximum atomic E-state index is 15.2. The summed E-state index contributed by atoms with van der Waals surface area (Å²) >= 11 is 0. The van der Waals surface area contributed by atoms with Crippen molar-refractivity contribution in [2.24, 2.45) is 0 Å². The van der Waals surface area contributed by atoms with Crippen LogP contribution in [0, 0.1) is 17.7 Å². The van der Waals surface area contributed by atoms with Gasteiger partial charge in [0.15, 0.2) is 0 Å². The van der Waals surface area contributed by atoms with Crippen molar-refractivity contribution in [3.8, 4) is 11.8 Å². The third-order valence-electron chi connectivity index (χ3n) is 6.50. The molecule has 0 radical (unpaired) electrons. The van der Waals surface area contributed by atoms with E-state index < -0.39 is 0 Å². The average Bonchev–Trinajstić information content (AvgIpc) is 2.90. The number of benzene rings is 4. The lowest BCUT2D eigenvalue weighted by Gasteiger charge is -2.08. The molecule has 0 N–H and O–H groups in total. The summed E-state index contributed by atoms with van der Waals surface area (Å²) in [6, 6.07) is 26.8. The van der Waals surface area contributed by atoms with E-state index in [1.807, 2.05) is 36.4 Å². The van der Waals surface area contributed by atoms with E-state index in [2.05, 4.69) is 73.9 Å². The van der Waals surface area contributed by atoms with Crippen LogP contribution in [0.1, 0.15) is 59.6 Å². The molecule has 0 saturated carbocycles. The molecule has 0 unspecified atom stereocenters. The monoisotopic (exact) mass is 460 g/mol. The summed E-state index contributed by atoms with van der Waals surface area (Å²) in [4.78, 5) is 0. The van der Waals surface area contributed by atoms with Crippen LogP contribution in [0.4, 0.5) is 4.39 Å². The lowest BCUT2D eigenvalue weighted by Crippen LogP contribution is -1.96. The van der Waals surface area contributed by atoms with E-state index in [1.165, 1.54) is 29.5 Å². The second-order valence-corrected chi connectivity index (χ2v) is 9.17. The fraction of sp³-hybridized carbons (Fsp3) is 0.235. The van der Waals surface area contributed by atoms with Gasteiger partial charge in [0.1, 0.15) is 5.82 Å². The van der Waals surface area contributed by atoms with Gasteiger partial charge in [0.05, 0.1) is 0 Å². The second-order valence-electron chi connectivity index (χ2n) is 9.17. The second kappa shape index (κ2) is 12.2. The maximum Gasteiger partial charge on any atom is 0.134 e. The van der Waals surface area contributed by atoms with Crippen LogP contribution < -0.4 is 0 Å². The van der Waals surface area contributed by atoms with E-state index in [0.717, 1.165) is 47.8 Å². The molecule has 4 aromatic rings. The van der Waals surface area contributed by atoms with Gasteiger partial charge in [0, 0.05) is 16.5 Å². The molecule has 35 heavy (non-hydrogen) atoms. The van der Waals surface area contributed by atoms with Crippen LogP contribution in [0.25, 0.3) is 10.8 Å². The molecule has 0 fully saturated rings. The van der Waals surface area contributed by atoms with Gasteiger partial charge in [-0.15, -0.1) is 6.58 Å². The number of hydrogen-bond donors (Lipinski definition) is 0. The Bertz CT molecular complexity index is 1330. The Morgan fingerprint density at radius 3 is 2.06 bits per heavy atom. The molecule has 1 heteroatoms. The molecule has 176 valence electrons. The standard InChI is InChI=1S/C34H33F/c1-3-5-7-26-9-13-28(14-10-26)17-18-30-20-24-33-32(25-30)23-22-31(34(33)35)21-19-29-15-11-27(12-16-29)8-6-4-2/h3,9-16,20,22-25H,1,4-8,19,21H2,2H3. The van der Waals surface area contributed by atoms with Gasteiger partial charge in [0.25, 0.3) is 0 Å². The van der Waals surface area contributed by atoms with Gasteiger partial charge in [-0.05, 0) is 90.4 Å². The molecule has 4 rings (SSSR count). The molecule has 0 aliphatic carbocycles. The van der Waals surface area contributed by atoms with Gasteiger partial charge in [-0.2, -0.15) is 0 Å². The number of halogens is 1. The average molecular weight is 461 g/mol. The van der Waals surface area contributed by atoms with Gasteiger partial charge in [-0.3, -0.25) is 0 Å². The summed E-state index contributed by atoms with van der Waals surface area (Å²) in [7, 11) is 0. The lowest BCUT2D eigenvalue weighted by molar-refractivity contribution is 0.620. The summed E-state index contributed by atoms with van der Waals surface area (Å²) in [6.07, 6.45) is 9.01. The van der Waals surface area contributed by atoms with E-state index >= 15 is 4.39 Å². The van der Waals surface area contributed by atoms with Crippen molar-refractivity contribution in [3.05, 3.63) is 131 Å². The normalized spacial score (nSPS) is 10.7. The summed E-state index contributed by atoms with van der Waals surface area (Å²) in [5.41, 5.74) is 6.56. The number of aryl methyl sites for hydroxylation is 4. The molecule has 0 heterocycles. The highest BCUT2D eigenvalue weighted by Gasteiger charge is 2.08. The Kier molecular flexibility index (Phi) is 8.53. The van der Waals surface area contributed by atoms with Crippen molar-refractivity contribution in [2.75, 3.05) is 0 Å². The topological polar surface area (TPSA) is 0 Å². The number of rotatable bonds is 9. The minimum Gasteiger partial charge on any atom is -0.206 e. The predicted octanol–water partition coefficient (Wildman–Crippen LogP) is 8.63. The van der Waals surface area contributed by atoms with Crippen LogP contribution in [0.2, 0.25) is 0 Å². The van der Waals surface area contributed by atoms with E-state index in [4.69, 9.17) is 0 Å². The Hall–Kier alpha value is -3.63. The number of fused-ring (bicyclic) bond motifs is 1. The van der Waals surface area contributed by atoms with Crippen molar-refractivity contribution < 1.29 is 4.39 Å². The molecule has 0 aliphatic rings. The zero-order valence-electron chi connectivity index (χ0n) is 20.6.